The average molecular weight is 689 g/mol. The zero-order valence-electron chi connectivity index (χ0n) is 32.9. The Morgan fingerprint density at radius 2 is 1.17 bits per heavy atom. The Hall–Kier alpha value is -5.02. The fourth-order valence-corrected chi connectivity index (χ4v) is 10.00. The first-order chi connectivity index (χ1) is 25.2. The first kappa shape index (κ1) is 32.6. The Labute approximate surface area is 314 Å². The molecule has 262 valence electrons. The van der Waals surface area contributed by atoms with E-state index in [9.17, 15) is 0 Å². The minimum atomic E-state index is -0.0143. The van der Waals surface area contributed by atoms with Crippen LogP contribution in [0.1, 0.15) is 103 Å². The van der Waals surface area contributed by atoms with Crippen LogP contribution in [0.5, 0.6) is 0 Å². The average Bonchev–Trinajstić information content (AvgIpc) is 3.65. The summed E-state index contributed by atoms with van der Waals surface area (Å²) in [6, 6.07) is 40.1. The summed E-state index contributed by atoms with van der Waals surface area (Å²) in [6.07, 6.45) is 0. The van der Waals surface area contributed by atoms with Crippen molar-refractivity contribution in [3.05, 3.63) is 126 Å². The molecule has 0 unspecified atom stereocenters. The summed E-state index contributed by atoms with van der Waals surface area (Å²) in [4.78, 5) is 0. The van der Waals surface area contributed by atoms with E-state index >= 15 is 0 Å². The number of hydrogen-bond donors (Lipinski definition) is 0. The highest BCUT2D eigenvalue weighted by atomic mass is 15.0. The van der Waals surface area contributed by atoms with Crippen molar-refractivity contribution in [2.24, 2.45) is 0 Å². The number of aromatic nitrogens is 2. The van der Waals surface area contributed by atoms with Gasteiger partial charge in [0.15, 0.2) is 0 Å². The lowest BCUT2D eigenvalue weighted by Gasteiger charge is -2.36. The zero-order valence-corrected chi connectivity index (χ0v) is 32.9. The normalized spacial score (nSPS) is 13.8. The molecule has 10 rings (SSSR count). The molecule has 0 fully saturated rings. The quantitative estimate of drug-likeness (QED) is 0.164. The minimum Gasteiger partial charge on any atom is -0.314 e. The molecule has 3 heteroatoms. The Bertz CT molecular complexity index is 2850. The van der Waals surface area contributed by atoms with Crippen LogP contribution in [0, 0.1) is 0 Å². The molecular formula is C50H49BN2. The summed E-state index contributed by atoms with van der Waals surface area (Å²) < 4.78 is 5.37. The maximum absolute atomic E-state index is 2.72. The van der Waals surface area contributed by atoms with Crippen molar-refractivity contribution in [3.63, 3.8) is 0 Å². The predicted octanol–water partition coefficient (Wildman–Crippen LogP) is 11.5. The Balaban J connectivity index is 1.49. The largest absolute Gasteiger partial charge is 0.314 e. The molecule has 0 bridgehead atoms. The van der Waals surface area contributed by atoms with Crippen molar-refractivity contribution >= 4 is 66.6 Å². The second kappa shape index (κ2) is 10.8. The minimum absolute atomic E-state index is 0.0143. The zero-order chi connectivity index (χ0) is 36.9. The smallest absolute Gasteiger partial charge is 0.253 e. The van der Waals surface area contributed by atoms with Gasteiger partial charge >= 0.3 is 0 Å². The summed E-state index contributed by atoms with van der Waals surface area (Å²) in [7, 11) is 0. The molecular weight excluding hydrogens is 639 g/mol. The molecule has 0 saturated heterocycles. The maximum atomic E-state index is 2.72. The van der Waals surface area contributed by atoms with E-state index in [0.29, 0.717) is 11.8 Å². The lowest BCUT2D eigenvalue weighted by molar-refractivity contribution is 0.590. The second-order valence-corrected chi connectivity index (χ2v) is 18.6. The van der Waals surface area contributed by atoms with Gasteiger partial charge in [-0.25, -0.2) is 0 Å². The number of rotatable bonds is 3. The first-order valence-corrected chi connectivity index (χ1v) is 19.7. The van der Waals surface area contributed by atoms with Crippen LogP contribution in [-0.4, -0.2) is 15.8 Å². The summed E-state index contributed by atoms with van der Waals surface area (Å²) in [6.45, 7) is 23.8. The first-order valence-electron chi connectivity index (χ1n) is 19.7. The highest BCUT2D eigenvalue weighted by Crippen LogP contribution is 2.45. The molecule has 0 atom stereocenters. The van der Waals surface area contributed by atoms with E-state index < -0.39 is 0 Å². The van der Waals surface area contributed by atoms with Crippen molar-refractivity contribution in [1.82, 2.24) is 9.13 Å². The Kier molecular flexibility index (Phi) is 6.64. The lowest BCUT2D eigenvalue weighted by Crippen LogP contribution is -2.60. The van der Waals surface area contributed by atoms with Crippen LogP contribution >= 0.6 is 0 Å². The molecule has 8 aromatic rings. The van der Waals surface area contributed by atoms with Gasteiger partial charge in [-0.05, 0) is 114 Å². The van der Waals surface area contributed by atoms with E-state index in [1.165, 1.54) is 105 Å². The highest BCUT2D eigenvalue weighted by molar-refractivity contribution is 7.01. The van der Waals surface area contributed by atoms with Crippen molar-refractivity contribution in [2.45, 2.75) is 91.9 Å². The van der Waals surface area contributed by atoms with Crippen molar-refractivity contribution < 1.29 is 0 Å². The molecule has 0 amide bonds. The third kappa shape index (κ3) is 4.40. The number of hydrogen-bond acceptors (Lipinski definition) is 0. The molecule has 2 aliphatic heterocycles. The monoisotopic (exact) mass is 688 g/mol. The number of fused-ring (bicyclic) bond motifs is 9. The molecule has 6 aromatic carbocycles. The summed E-state index contributed by atoms with van der Waals surface area (Å²) in [5, 5.41) is 6.84. The van der Waals surface area contributed by atoms with Gasteiger partial charge in [-0.3, -0.25) is 0 Å². The maximum Gasteiger partial charge on any atom is 0.253 e. The molecule has 0 aliphatic carbocycles. The highest BCUT2D eigenvalue weighted by Gasteiger charge is 2.44. The van der Waals surface area contributed by atoms with E-state index in [1.807, 2.05) is 0 Å². The van der Waals surface area contributed by atoms with Gasteiger partial charge in [-0.15, -0.1) is 0 Å². The fraction of sp³-hybridized carbons (Fsp3) is 0.280. The van der Waals surface area contributed by atoms with Crippen LogP contribution in [-0.2, 0) is 10.8 Å². The number of benzene rings is 6. The third-order valence-electron chi connectivity index (χ3n) is 12.5. The molecule has 4 heterocycles. The van der Waals surface area contributed by atoms with Crippen molar-refractivity contribution in [3.8, 4) is 22.5 Å². The molecule has 0 saturated carbocycles. The van der Waals surface area contributed by atoms with Crippen LogP contribution in [0.2, 0.25) is 0 Å². The Morgan fingerprint density at radius 1 is 0.509 bits per heavy atom. The molecule has 0 spiro atoms. The van der Waals surface area contributed by atoms with E-state index in [1.54, 1.807) is 0 Å². The molecule has 2 aliphatic rings. The predicted molar refractivity (Wildman–Crippen MR) is 231 cm³/mol. The molecule has 2 nitrogen and oxygen atoms in total. The van der Waals surface area contributed by atoms with Gasteiger partial charge in [0.05, 0.1) is 5.52 Å². The molecule has 53 heavy (non-hydrogen) atoms. The van der Waals surface area contributed by atoms with Crippen LogP contribution in [0.15, 0.2) is 103 Å². The van der Waals surface area contributed by atoms with Gasteiger partial charge < -0.3 is 9.13 Å². The summed E-state index contributed by atoms with van der Waals surface area (Å²) in [5.41, 5.74) is 19.3. The van der Waals surface area contributed by atoms with Crippen LogP contribution in [0.3, 0.4) is 0 Å². The van der Waals surface area contributed by atoms with Crippen molar-refractivity contribution in [2.75, 3.05) is 0 Å². The van der Waals surface area contributed by atoms with E-state index in [0.717, 1.165) is 0 Å². The van der Waals surface area contributed by atoms with E-state index in [4.69, 9.17) is 0 Å². The fourth-order valence-electron chi connectivity index (χ4n) is 10.00. The van der Waals surface area contributed by atoms with Crippen LogP contribution < -0.4 is 16.4 Å². The van der Waals surface area contributed by atoms with Crippen molar-refractivity contribution in [1.29, 1.82) is 0 Å². The van der Waals surface area contributed by atoms with Gasteiger partial charge in [-0.1, -0.05) is 136 Å². The topological polar surface area (TPSA) is 9.86 Å². The van der Waals surface area contributed by atoms with Gasteiger partial charge in [-0.2, -0.15) is 0 Å². The Morgan fingerprint density at radius 3 is 1.85 bits per heavy atom. The van der Waals surface area contributed by atoms with Crippen LogP contribution in [0.4, 0.5) is 0 Å². The standard InChI is InChI=1S/C50H49BN2/c1-28(2)43-38-22-31-18-14-15-19-35(31)44-48(38)53(46(43)29(3)4)42-24-32(30-16-12-11-13-17-30)23-41-45(42)51(44)39-27-34(50(8,9)10)26-37-36-25-33(49(5,6)7)20-21-40(36)52(41)47(37)39/h11-29H,1-10H3. The molecule has 0 radical (unpaired) electrons. The second-order valence-electron chi connectivity index (χ2n) is 18.6. The summed E-state index contributed by atoms with van der Waals surface area (Å²) >= 11 is 0. The number of nitrogens with zero attached hydrogens (tertiary/aromatic N) is 2. The molecule has 2 aromatic heterocycles. The molecule has 0 N–H and O–H groups in total. The summed E-state index contributed by atoms with van der Waals surface area (Å²) in [5.74, 6) is 0.736. The van der Waals surface area contributed by atoms with Gasteiger partial charge in [0, 0.05) is 44.3 Å². The van der Waals surface area contributed by atoms with Crippen LogP contribution in [0.25, 0.3) is 66.0 Å². The van der Waals surface area contributed by atoms with E-state index in [2.05, 4.69) is 181 Å². The van der Waals surface area contributed by atoms with Gasteiger partial charge in [0.2, 0.25) is 0 Å². The van der Waals surface area contributed by atoms with Gasteiger partial charge in [0.25, 0.3) is 6.71 Å². The lowest BCUT2D eigenvalue weighted by atomic mass is 9.33. The van der Waals surface area contributed by atoms with Gasteiger partial charge in [0.1, 0.15) is 0 Å². The third-order valence-corrected chi connectivity index (χ3v) is 12.5. The SMILES string of the molecule is CC(C)c1c(C(C)C)n2c3c(c4ccccc4cc13)B1c3c-2cc(-c2ccccc2)cc3-n2c3ccc(C(C)(C)C)cc3c3cc(C(C)(C)C)cc1c32. The van der Waals surface area contributed by atoms with E-state index in [-0.39, 0.29) is 17.5 Å².